The smallest absolute Gasteiger partial charge is 0.284 e. The van der Waals surface area contributed by atoms with Gasteiger partial charge in [0.05, 0.1) is 25.9 Å². The molecule has 3 aromatic heterocycles. The summed E-state index contributed by atoms with van der Waals surface area (Å²) in [5.74, 6) is -0.298. The second-order valence-corrected chi connectivity index (χ2v) is 12.3. The maximum absolute atomic E-state index is 15.7. The van der Waals surface area contributed by atoms with Gasteiger partial charge in [-0.1, -0.05) is 12.1 Å². The molecule has 13 nitrogen and oxygen atoms in total. The monoisotopic (exact) mass is 722 g/mol. The molecular formula is C38H36F2N8O5. The van der Waals surface area contributed by atoms with E-state index < -0.39 is 23.1 Å². The zero-order chi connectivity index (χ0) is 36.9. The first-order chi connectivity index (χ1) is 25.8. The number of halogens is 2. The number of piperazine rings is 1. The number of methoxy groups -OCH3 is 2. The summed E-state index contributed by atoms with van der Waals surface area (Å²) in [5, 5.41) is 12.2. The van der Waals surface area contributed by atoms with Crippen LogP contribution in [0.4, 0.5) is 20.3 Å². The number of aromatic nitrogens is 5. The van der Waals surface area contributed by atoms with E-state index in [-0.39, 0.29) is 22.7 Å². The minimum absolute atomic E-state index is 0.0867. The highest BCUT2D eigenvalue weighted by atomic mass is 19.1. The second kappa shape index (κ2) is 15.6. The Morgan fingerprint density at radius 2 is 1.66 bits per heavy atom. The lowest BCUT2D eigenvalue weighted by Gasteiger charge is -2.34. The first-order valence-electron chi connectivity index (χ1n) is 16.9. The van der Waals surface area contributed by atoms with Crippen LogP contribution < -0.4 is 25.2 Å². The fraction of sp³-hybridized carbons (Fsp3) is 0.237. The van der Waals surface area contributed by atoms with E-state index >= 15 is 4.39 Å². The highest BCUT2D eigenvalue weighted by Gasteiger charge is 2.26. The first kappa shape index (κ1) is 35.2. The topological polar surface area (TPSA) is 129 Å². The third-order valence-electron chi connectivity index (χ3n) is 8.92. The number of carbonyl (C=O) groups is 1. The van der Waals surface area contributed by atoms with Gasteiger partial charge in [0.15, 0.2) is 23.0 Å². The van der Waals surface area contributed by atoms with Crippen LogP contribution in [0, 0.1) is 11.6 Å². The summed E-state index contributed by atoms with van der Waals surface area (Å²) < 4.78 is 48.7. The van der Waals surface area contributed by atoms with Crippen molar-refractivity contribution < 1.29 is 27.8 Å². The van der Waals surface area contributed by atoms with Gasteiger partial charge in [0.1, 0.15) is 28.3 Å². The van der Waals surface area contributed by atoms with Gasteiger partial charge in [-0.25, -0.2) is 18.4 Å². The van der Waals surface area contributed by atoms with Crippen LogP contribution in [-0.2, 0) is 11.3 Å². The molecule has 4 heterocycles. The number of hydrogen-bond donors (Lipinski definition) is 1. The fourth-order valence-corrected chi connectivity index (χ4v) is 6.11. The molecule has 1 amide bonds. The molecule has 6 aromatic rings. The number of fused-ring (bicyclic) bond motifs is 1. The first-order valence-corrected chi connectivity index (χ1v) is 16.9. The van der Waals surface area contributed by atoms with Gasteiger partial charge in [-0.05, 0) is 60.2 Å². The summed E-state index contributed by atoms with van der Waals surface area (Å²) in [6.07, 6.45) is 2.87. The minimum atomic E-state index is -0.770. The van der Waals surface area contributed by atoms with Gasteiger partial charge in [-0.15, -0.1) is 0 Å². The summed E-state index contributed by atoms with van der Waals surface area (Å²) in [5.41, 5.74) is 0.986. The van der Waals surface area contributed by atoms with Crippen molar-refractivity contribution in [1.29, 1.82) is 0 Å². The molecule has 1 N–H and O–H groups in total. The van der Waals surface area contributed by atoms with E-state index in [1.165, 1.54) is 48.7 Å². The summed E-state index contributed by atoms with van der Waals surface area (Å²) in [7, 11) is 3.31. The third-order valence-corrected chi connectivity index (χ3v) is 8.92. The molecule has 0 radical (unpaired) electrons. The van der Waals surface area contributed by atoms with Gasteiger partial charge in [0.2, 0.25) is 0 Å². The SMILES string of the molecule is COCCN1CCN(c2nn(Cc3ccc(OC)cc3)c3nccc(Oc4ccc(NC(=O)c5ccnn(-c6ccc(F)cc6)c5=O)cc4F)c23)CC1. The standard InChI is InChI=1S/C38H36F2N8O5/c1-51-22-21-45-17-19-46(20-18-45)36-34-33(14-15-41-35(34)47(44-36)24-25-3-10-29(52-2)11-4-25)53-32-12-7-27(23-31(32)40)43-37(49)30-13-16-42-48(38(30)50)28-8-5-26(39)6-9-28/h3-16,23H,17-22,24H2,1-2H3,(H,43,49). The summed E-state index contributed by atoms with van der Waals surface area (Å²) in [4.78, 5) is 35.4. The van der Waals surface area contributed by atoms with E-state index in [1.807, 2.05) is 28.9 Å². The van der Waals surface area contributed by atoms with Crippen LogP contribution in [0.1, 0.15) is 15.9 Å². The van der Waals surface area contributed by atoms with Crippen LogP contribution in [0.2, 0.25) is 0 Å². The maximum Gasteiger partial charge on any atom is 0.284 e. The van der Waals surface area contributed by atoms with Crippen LogP contribution in [0.3, 0.4) is 0 Å². The molecule has 0 atom stereocenters. The molecular weight excluding hydrogens is 686 g/mol. The number of anilines is 2. The summed E-state index contributed by atoms with van der Waals surface area (Å²) in [6.45, 7) is 4.96. The molecule has 1 aliphatic rings. The second-order valence-electron chi connectivity index (χ2n) is 12.3. The lowest BCUT2D eigenvalue weighted by molar-refractivity contribution is 0.102. The molecule has 0 unspecified atom stereocenters. The number of nitrogens with zero attached hydrogens (tertiary/aromatic N) is 7. The van der Waals surface area contributed by atoms with Crippen molar-refractivity contribution in [2.75, 3.05) is 63.8 Å². The molecule has 1 saturated heterocycles. The average molecular weight is 723 g/mol. The van der Waals surface area contributed by atoms with Gasteiger partial charge in [0.25, 0.3) is 11.5 Å². The van der Waals surface area contributed by atoms with Gasteiger partial charge < -0.3 is 24.4 Å². The van der Waals surface area contributed by atoms with Crippen LogP contribution >= 0.6 is 0 Å². The summed E-state index contributed by atoms with van der Waals surface area (Å²) >= 11 is 0. The average Bonchev–Trinajstić information content (AvgIpc) is 3.55. The number of pyridine rings is 1. The number of benzene rings is 3. The number of nitrogens with one attached hydrogen (secondary N) is 1. The molecule has 0 bridgehead atoms. The van der Waals surface area contributed by atoms with Gasteiger partial charge in [-0.3, -0.25) is 14.5 Å². The largest absolute Gasteiger partial charge is 0.497 e. The molecule has 7 rings (SSSR count). The van der Waals surface area contributed by atoms with E-state index in [4.69, 9.17) is 19.3 Å². The maximum atomic E-state index is 15.7. The normalized spacial score (nSPS) is 13.3. The minimum Gasteiger partial charge on any atom is -0.497 e. The van der Waals surface area contributed by atoms with Crippen LogP contribution in [0.5, 0.6) is 17.2 Å². The van der Waals surface area contributed by atoms with Crippen LogP contribution in [0.15, 0.2) is 96.1 Å². The Bertz CT molecular complexity index is 2290. The number of carbonyl (C=O) groups excluding carboxylic acids is 1. The molecule has 0 spiro atoms. The van der Waals surface area contributed by atoms with Crippen molar-refractivity contribution in [3.63, 3.8) is 0 Å². The van der Waals surface area contributed by atoms with Gasteiger partial charge in [0, 0.05) is 70.0 Å². The number of hydrogen-bond acceptors (Lipinski definition) is 10. The lowest BCUT2D eigenvalue weighted by Crippen LogP contribution is -2.47. The molecule has 1 fully saturated rings. The molecule has 1 aliphatic heterocycles. The Balaban J connectivity index is 1.15. The van der Waals surface area contributed by atoms with Crippen molar-refractivity contribution in [3.8, 4) is 22.9 Å². The molecule has 272 valence electrons. The van der Waals surface area contributed by atoms with E-state index in [9.17, 15) is 14.0 Å². The quantitative estimate of drug-likeness (QED) is 0.182. The van der Waals surface area contributed by atoms with Gasteiger partial charge >= 0.3 is 0 Å². The van der Waals surface area contributed by atoms with Crippen molar-refractivity contribution in [2.24, 2.45) is 0 Å². The molecule has 53 heavy (non-hydrogen) atoms. The van der Waals surface area contributed by atoms with E-state index in [2.05, 4.69) is 25.2 Å². The van der Waals surface area contributed by atoms with Gasteiger partial charge in [-0.2, -0.15) is 14.9 Å². The predicted octanol–water partition coefficient (Wildman–Crippen LogP) is 5.13. The molecule has 0 aliphatic carbocycles. The molecule has 0 saturated carbocycles. The van der Waals surface area contributed by atoms with E-state index in [1.54, 1.807) is 26.5 Å². The Morgan fingerprint density at radius 3 is 2.38 bits per heavy atom. The van der Waals surface area contributed by atoms with Crippen LogP contribution in [-0.4, -0.2) is 88.9 Å². The zero-order valence-electron chi connectivity index (χ0n) is 29.0. The van der Waals surface area contributed by atoms with Crippen molar-refractivity contribution >= 4 is 28.4 Å². The zero-order valence-corrected chi connectivity index (χ0v) is 29.0. The highest BCUT2D eigenvalue weighted by Crippen LogP contribution is 2.37. The lowest BCUT2D eigenvalue weighted by atomic mass is 10.2. The fourth-order valence-electron chi connectivity index (χ4n) is 6.11. The Morgan fingerprint density at radius 1 is 0.887 bits per heavy atom. The Kier molecular flexibility index (Phi) is 10.4. The Labute approximate surface area is 302 Å². The van der Waals surface area contributed by atoms with Crippen molar-refractivity contribution in [2.45, 2.75) is 6.54 Å². The molecule has 15 heteroatoms. The number of rotatable bonds is 12. The highest BCUT2D eigenvalue weighted by molar-refractivity contribution is 6.04. The van der Waals surface area contributed by atoms with E-state index in [0.717, 1.165) is 41.7 Å². The van der Waals surface area contributed by atoms with Crippen molar-refractivity contribution in [1.82, 2.24) is 29.4 Å². The van der Waals surface area contributed by atoms with Crippen LogP contribution in [0.25, 0.3) is 16.7 Å². The number of ether oxygens (including phenoxy) is 3. The Hall–Kier alpha value is -6.19. The predicted molar refractivity (Wildman–Crippen MR) is 194 cm³/mol. The van der Waals surface area contributed by atoms with Crippen molar-refractivity contribution in [3.05, 3.63) is 124 Å². The molecule has 3 aromatic carbocycles. The van der Waals surface area contributed by atoms with E-state index in [0.29, 0.717) is 48.8 Å². The summed E-state index contributed by atoms with van der Waals surface area (Å²) in [6, 6.07) is 19.7. The number of amides is 1. The third kappa shape index (κ3) is 7.71.